The minimum atomic E-state index is -1.16. The van der Waals surface area contributed by atoms with Crippen LogP contribution in [-0.2, 0) is 27.5 Å². The number of nitrogens with zero attached hydrogens (tertiary/aromatic N) is 3. The van der Waals surface area contributed by atoms with E-state index in [0.717, 1.165) is 42.3 Å². The second kappa shape index (κ2) is 18.5. The van der Waals surface area contributed by atoms with Gasteiger partial charge in [-0.1, -0.05) is 88.4 Å². The molecule has 49 heavy (non-hydrogen) atoms. The predicted molar refractivity (Wildman–Crippen MR) is 191 cm³/mol. The van der Waals surface area contributed by atoms with Crippen LogP contribution in [-0.4, -0.2) is 73.7 Å². The van der Waals surface area contributed by atoms with Gasteiger partial charge in [-0.3, -0.25) is 14.4 Å². The second-order valence-corrected chi connectivity index (χ2v) is 14.0. The summed E-state index contributed by atoms with van der Waals surface area (Å²) in [5.41, 5.74) is 2.60. The Kier molecular flexibility index (Phi) is 14.2. The van der Waals surface area contributed by atoms with Crippen molar-refractivity contribution in [3.8, 4) is 12.3 Å². The Bertz CT molecular complexity index is 1540. The molecule has 1 aromatic heterocycles. The lowest BCUT2D eigenvalue weighted by Crippen LogP contribution is -2.56. The molecule has 1 fully saturated rings. The molecule has 264 valence electrons. The number of hydrogen-bond acceptors (Lipinski definition) is 6. The van der Waals surface area contributed by atoms with Gasteiger partial charge in [0.05, 0.1) is 42.1 Å². The Morgan fingerprint density at radius 2 is 1.69 bits per heavy atom. The number of terminal acetylenes is 1. The molecule has 0 aliphatic heterocycles. The van der Waals surface area contributed by atoms with Crippen molar-refractivity contribution in [2.45, 2.75) is 109 Å². The lowest BCUT2D eigenvalue weighted by molar-refractivity contribution is -0.137. The van der Waals surface area contributed by atoms with Crippen LogP contribution in [0.2, 0.25) is 0 Å². The van der Waals surface area contributed by atoms with Crippen LogP contribution < -0.4 is 10.6 Å². The number of para-hydroxylation sites is 2. The van der Waals surface area contributed by atoms with Crippen LogP contribution in [0.25, 0.3) is 11.0 Å². The van der Waals surface area contributed by atoms with E-state index in [-0.39, 0.29) is 37.8 Å². The third kappa shape index (κ3) is 11.2. The number of aliphatic hydroxyl groups excluding tert-OH is 2. The van der Waals surface area contributed by atoms with Crippen LogP contribution in [0.1, 0.15) is 77.2 Å². The molecule has 1 aliphatic rings. The van der Waals surface area contributed by atoms with Crippen molar-refractivity contribution in [1.29, 1.82) is 0 Å². The van der Waals surface area contributed by atoms with E-state index in [1.807, 2.05) is 73.0 Å². The standard InChI is InChI=1S/C39H53N5O5/c1-5-14-32(39(49)42-33(23-29-17-10-7-11-18-29)37(47)35(45)21-27(2)3)41-38(48)30(22-28-15-8-6-9-16-28)24-36(46)43(4)26-44-25-40-31-19-12-13-20-34(31)44/h1,6,8-9,12-13,15-16,19-20,25,27,29-30,32-33,35,37,45,47H,7,10-11,14,17-18,21-24,26H2,2-4H3,(H,41,48)(H,42,49)/t30-,32+,33+,35+,37?/m1/s1. The van der Waals surface area contributed by atoms with E-state index in [1.54, 1.807) is 18.3 Å². The zero-order valence-electron chi connectivity index (χ0n) is 29.1. The van der Waals surface area contributed by atoms with Gasteiger partial charge in [0.15, 0.2) is 0 Å². The van der Waals surface area contributed by atoms with E-state index in [2.05, 4.69) is 21.5 Å². The molecule has 0 spiro atoms. The molecule has 5 atom stereocenters. The quantitative estimate of drug-likeness (QED) is 0.157. The number of aromatic nitrogens is 2. The molecular formula is C39H53N5O5. The molecule has 3 amide bonds. The molecule has 4 rings (SSSR count). The highest BCUT2D eigenvalue weighted by atomic mass is 16.3. The van der Waals surface area contributed by atoms with Gasteiger partial charge >= 0.3 is 0 Å². The summed E-state index contributed by atoms with van der Waals surface area (Å²) in [6, 6.07) is 15.3. The first-order valence-electron chi connectivity index (χ1n) is 17.6. The summed E-state index contributed by atoms with van der Waals surface area (Å²) in [4.78, 5) is 47.2. The van der Waals surface area contributed by atoms with Gasteiger partial charge in [-0.15, -0.1) is 12.3 Å². The lowest BCUT2D eigenvalue weighted by atomic mass is 9.82. The summed E-state index contributed by atoms with van der Waals surface area (Å²) < 4.78 is 1.88. The Morgan fingerprint density at radius 1 is 1.00 bits per heavy atom. The highest BCUT2D eigenvalue weighted by molar-refractivity contribution is 5.91. The first-order chi connectivity index (χ1) is 23.5. The van der Waals surface area contributed by atoms with Gasteiger partial charge < -0.3 is 30.3 Å². The number of imidazole rings is 1. The number of benzene rings is 2. The molecule has 10 nitrogen and oxygen atoms in total. The maximum atomic E-state index is 13.9. The van der Waals surface area contributed by atoms with Crippen molar-refractivity contribution in [2.75, 3.05) is 7.05 Å². The molecular weight excluding hydrogens is 618 g/mol. The van der Waals surface area contributed by atoms with Gasteiger partial charge in [-0.2, -0.15) is 0 Å². The fourth-order valence-corrected chi connectivity index (χ4v) is 6.81. The largest absolute Gasteiger partial charge is 0.390 e. The number of carbonyl (C=O) groups excluding carboxylic acids is 3. The summed E-state index contributed by atoms with van der Waals surface area (Å²) in [6.07, 6.45) is 11.6. The van der Waals surface area contributed by atoms with E-state index >= 15 is 0 Å². The molecule has 1 saturated carbocycles. The predicted octanol–water partition coefficient (Wildman–Crippen LogP) is 4.43. The highest BCUT2D eigenvalue weighted by Crippen LogP contribution is 2.29. The number of nitrogens with one attached hydrogen (secondary N) is 2. The number of carbonyl (C=O) groups is 3. The average Bonchev–Trinajstić information content (AvgIpc) is 3.50. The molecule has 0 saturated heterocycles. The smallest absolute Gasteiger partial charge is 0.243 e. The van der Waals surface area contributed by atoms with Crippen LogP contribution in [0.3, 0.4) is 0 Å². The van der Waals surface area contributed by atoms with E-state index in [0.29, 0.717) is 18.8 Å². The molecule has 3 aromatic rings. The number of hydrogen-bond donors (Lipinski definition) is 4. The monoisotopic (exact) mass is 671 g/mol. The van der Waals surface area contributed by atoms with Crippen LogP contribution >= 0.6 is 0 Å². The van der Waals surface area contributed by atoms with Gasteiger partial charge in [0.1, 0.15) is 12.1 Å². The topological polar surface area (TPSA) is 137 Å². The molecule has 0 radical (unpaired) electrons. The van der Waals surface area contributed by atoms with Gasteiger partial charge in [-0.05, 0) is 48.8 Å². The van der Waals surface area contributed by atoms with Gasteiger partial charge in [-0.25, -0.2) is 4.98 Å². The Hall–Kier alpha value is -4.20. The molecule has 10 heteroatoms. The Labute approximate surface area is 290 Å². The lowest BCUT2D eigenvalue weighted by Gasteiger charge is -2.33. The van der Waals surface area contributed by atoms with Gasteiger partial charge in [0.25, 0.3) is 0 Å². The highest BCUT2D eigenvalue weighted by Gasteiger charge is 2.34. The maximum Gasteiger partial charge on any atom is 0.243 e. The Morgan fingerprint density at radius 3 is 2.39 bits per heavy atom. The zero-order valence-corrected chi connectivity index (χ0v) is 29.1. The normalized spacial score (nSPS) is 16.7. The SMILES string of the molecule is C#CC[C@H](NC(=O)[C@@H](CC(=O)N(C)Cn1cnc2ccccc21)Cc1ccccc1)C(=O)N[C@@H](CC1CCCCC1)C(O)[C@@H](O)CC(C)C. The van der Waals surface area contributed by atoms with Crippen molar-refractivity contribution in [2.24, 2.45) is 17.8 Å². The van der Waals surface area contributed by atoms with Crippen LogP contribution in [0, 0.1) is 30.1 Å². The van der Waals surface area contributed by atoms with E-state index in [4.69, 9.17) is 6.42 Å². The van der Waals surface area contributed by atoms with Gasteiger partial charge in [0.2, 0.25) is 17.7 Å². The van der Waals surface area contributed by atoms with Crippen LogP contribution in [0.15, 0.2) is 60.9 Å². The fraction of sp³-hybridized carbons (Fsp3) is 0.538. The summed E-state index contributed by atoms with van der Waals surface area (Å²) in [5.74, 6) is 0.992. The number of fused-ring (bicyclic) bond motifs is 1. The summed E-state index contributed by atoms with van der Waals surface area (Å²) >= 11 is 0. The van der Waals surface area contributed by atoms with E-state index < -0.39 is 42.0 Å². The second-order valence-electron chi connectivity index (χ2n) is 14.0. The Balaban J connectivity index is 1.48. The fourth-order valence-electron chi connectivity index (χ4n) is 6.81. The molecule has 1 heterocycles. The maximum absolute atomic E-state index is 13.9. The van der Waals surface area contributed by atoms with Crippen LogP contribution in [0.5, 0.6) is 0 Å². The van der Waals surface area contributed by atoms with E-state index in [1.165, 1.54) is 6.42 Å². The van der Waals surface area contributed by atoms with E-state index in [9.17, 15) is 24.6 Å². The first kappa shape index (κ1) is 37.6. The summed E-state index contributed by atoms with van der Waals surface area (Å²) in [7, 11) is 1.69. The number of rotatable bonds is 17. The van der Waals surface area contributed by atoms with Crippen molar-refractivity contribution < 1.29 is 24.6 Å². The minimum absolute atomic E-state index is 0.0715. The van der Waals surface area contributed by atoms with Crippen molar-refractivity contribution in [3.05, 3.63) is 66.5 Å². The molecule has 4 N–H and O–H groups in total. The average molecular weight is 672 g/mol. The van der Waals surface area contributed by atoms with Crippen molar-refractivity contribution in [3.63, 3.8) is 0 Å². The third-order valence-electron chi connectivity index (χ3n) is 9.55. The number of amides is 3. The number of aliphatic hydroxyl groups is 2. The first-order valence-corrected chi connectivity index (χ1v) is 17.6. The van der Waals surface area contributed by atoms with Crippen LogP contribution in [0.4, 0.5) is 0 Å². The molecule has 0 bridgehead atoms. The molecule has 2 aromatic carbocycles. The van der Waals surface area contributed by atoms with Gasteiger partial charge in [0, 0.05) is 19.9 Å². The van der Waals surface area contributed by atoms with Crippen molar-refractivity contribution in [1.82, 2.24) is 25.1 Å². The minimum Gasteiger partial charge on any atom is -0.390 e. The summed E-state index contributed by atoms with van der Waals surface area (Å²) in [6.45, 7) is 4.20. The zero-order chi connectivity index (χ0) is 35.3. The molecule has 1 unspecified atom stereocenters. The molecule has 1 aliphatic carbocycles. The van der Waals surface area contributed by atoms with Crippen molar-refractivity contribution >= 4 is 28.8 Å². The third-order valence-corrected chi connectivity index (χ3v) is 9.55. The summed E-state index contributed by atoms with van der Waals surface area (Å²) in [5, 5.41) is 27.8.